The minimum atomic E-state index is -0.597. The lowest BCUT2D eigenvalue weighted by Crippen LogP contribution is -2.38. The van der Waals surface area contributed by atoms with Gasteiger partial charge in [0, 0.05) is 24.4 Å². The third-order valence-electron chi connectivity index (χ3n) is 6.24. The zero-order valence-electron chi connectivity index (χ0n) is 16.5. The Hall–Kier alpha value is -1.79. The van der Waals surface area contributed by atoms with Crippen LogP contribution in [-0.2, 0) is 4.79 Å². The number of aliphatic hydroxyl groups is 2. The van der Waals surface area contributed by atoms with Crippen LogP contribution >= 0.6 is 0 Å². The summed E-state index contributed by atoms with van der Waals surface area (Å²) < 4.78 is 11.4. The molecular formula is C21H31NO5. The number of carbonyl (C=O) groups is 1. The van der Waals surface area contributed by atoms with Gasteiger partial charge in [0.05, 0.1) is 19.8 Å². The van der Waals surface area contributed by atoms with Gasteiger partial charge >= 0.3 is 0 Å². The summed E-state index contributed by atoms with van der Waals surface area (Å²) in [6.07, 6.45) is 3.05. The lowest BCUT2D eigenvalue weighted by molar-refractivity contribution is -0.133. The molecule has 0 radical (unpaired) electrons. The average Bonchev–Trinajstić information content (AvgIpc) is 3.41. The summed E-state index contributed by atoms with van der Waals surface area (Å²) in [5.74, 6) is 1.83. The van der Waals surface area contributed by atoms with Crippen LogP contribution in [0.4, 0.5) is 0 Å². The van der Waals surface area contributed by atoms with E-state index in [0.29, 0.717) is 31.2 Å². The molecule has 1 amide bonds. The van der Waals surface area contributed by atoms with Crippen molar-refractivity contribution in [1.82, 2.24) is 4.90 Å². The molecule has 1 aliphatic carbocycles. The molecule has 0 bridgehead atoms. The molecule has 0 unspecified atom stereocenters. The standard InChI is InChI=1S/C21H31NO5/c1-14(24)21(2)13-22(20(25)12-23)11-17(21)16-6-7-18(26-3)19(10-16)27-9-8-15-4-5-15/h6-7,10,14-15,17,23-24H,4-5,8-9,11-13H2,1-3H3/t14-,17+,21+/m1/s1. The largest absolute Gasteiger partial charge is 0.493 e. The van der Waals surface area contributed by atoms with Crippen LogP contribution < -0.4 is 9.47 Å². The molecule has 0 aromatic heterocycles. The fourth-order valence-electron chi connectivity index (χ4n) is 3.98. The van der Waals surface area contributed by atoms with Crippen molar-refractivity contribution in [2.75, 3.05) is 33.4 Å². The number of carbonyl (C=O) groups excluding carboxylic acids is 1. The van der Waals surface area contributed by atoms with E-state index in [1.54, 1.807) is 18.9 Å². The first kappa shape index (κ1) is 20.0. The van der Waals surface area contributed by atoms with E-state index in [4.69, 9.17) is 9.47 Å². The number of likely N-dealkylation sites (tertiary alicyclic amines) is 1. The molecule has 1 saturated carbocycles. The van der Waals surface area contributed by atoms with Crippen LogP contribution in [0.3, 0.4) is 0 Å². The number of benzene rings is 1. The number of ether oxygens (including phenoxy) is 2. The second-order valence-corrected chi connectivity index (χ2v) is 8.16. The van der Waals surface area contributed by atoms with Crippen molar-refractivity contribution < 1.29 is 24.5 Å². The Kier molecular flexibility index (Phi) is 5.96. The molecule has 3 atom stereocenters. The van der Waals surface area contributed by atoms with Crippen LogP contribution in [0.15, 0.2) is 18.2 Å². The highest BCUT2D eigenvalue weighted by atomic mass is 16.5. The van der Waals surface area contributed by atoms with Gasteiger partial charge in [-0.25, -0.2) is 0 Å². The Morgan fingerprint density at radius 2 is 2.11 bits per heavy atom. The van der Waals surface area contributed by atoms with Crippen molar-refractivity contribution in [3.05, 3.63) is 23.8 Å². The molecule has 1 aromatic carbocycles. The minimum absolute atomic E-state index is 0.0512. The minimum Gasteiger partial charge on any atom is -0.493 e. The molecule has 0 spiro atoms. The second kappa shape index (κ2) is 8.07. The topological polar surface area (TPSA) is 79.2 Å². The molecular weight excluding hydrogens is 346 g/mol. The molecule has 3 rings (SSSR count). The lowest BCUT2D eigenvalue weighted by atomic mass is 9.72. The second-order valence-electron chi connectivity index (χ2n) is 8.16. The monoisotopic (exact) mass is 377 g/mol. The summed E-state index contributed by atoms with van der Waals surface area (Å²) >= 11 is 0. The van der Waals surface area contributed by atoms with Crippen LogP contribution in [0.1, 0.15) is 44.6 Å². The molecule has 1 aliphatic heterocycles. The maximum Gasteiger partial charge on any atom is 0.248 e. The van der Waals surface area contributed by atoms with Crippen LogP contribution in [0.2, 0.25) is 0 Å². The van der Waals surface area contributed by atoms with E-state index in [9.17, 15) is 15.0 Å². The summed E-state index contributed by atoms with van der Waals surface area (Å²) in [5, 5.41) is 19.7. The summed E-state index contributed by atoms with van der Waals surface area (Å²) in [6.45, 7) is 4.79. The number of nitrogens with zero attached hydrogens (tertiary/aromatic N) is 1. The Balaban J connectivity index is 1.84. The first-order valence-electron chi connectivity index (χ1n) is 9.76. The fraction of sp³-hybridized carbons (Fsp3) is 0.667. The van der Waals surface area contributed by atoms with E-state index in [1.165, 1.54) is 12.8 Å². The fourth-order valence-corrected chi connectivity index (χ4v) is 3.98. The summed E-state index contributed by atoms with van der Waals surface area (Å²) in [5.41, 5.74) is 0.513. The van der Waals surface area contributed by atoms with Crippen LogP contribution in [0.25, 0.3) is 0 Å². The van der Waals surface area contributed by atoms with Crippen LogP contribution in [0.5, 0.6) is 11.5 Å². The quantitative estimate of drug-likeness (QED) is 0.726. The lowest BCUT2D eigenvalue weighted by Gasteiger charge is -2.33. The Bertz CT molecular complexity index is 673. The molecule has 150 valence electrons. The normalized spacial score (nSPS) is 26.1. The Morgan fingerprint density at radius 3 is 2.70 bits per heavy atom. The van der Waals surface area contributed by atoms with E-state index in [0.717, 1.165) is 17.9 Å². The Labute approximate surface area is 161 Å². The molecule has 2 N–H and O–H groups in total. The summed E-state index contributed by atoms with van der Waals surface area (Å²) in [7, 11) is 1.62. The van der Waals surface area contributed by atoms with E-state index >= 15 is 0 Å². The van der Waals surface area contributed by atoms with E-state index in [-0.39, 0.29) is 11.8 Å². The van der Waals surface area contributed by atoms with E-state index in [2.05, 4.69) is 0 Å². The van der Waals surface area contributed by atoms with Crippen molar-refractivity contribution in [2.45, 2.75) is 45.1 Å². The number of methoxy groups -OCH3 is 1. The van der Waals surface area contributed by atoms with Gasteiger partial charge in [-0.2, -0.15) is 0 Å². The maximum absolute atomic E-state index is 12.0. The van der Waals surface area contributed by atoms with Crippen molar-refractivity contribution >= 4 is 5.91 Å². The number of aliphatic hydroxyl groups excluding tert-OH is 2. The smallest absolute Gasteiger partial charge is 0.248 e. The molecule has 27 heavy (non-hydrogen) atoms. The summed E-state index contributed by atoms with van der Waals surface area (Å²) in [4.78, 5) is 13.7. The highest BCUT2D eigenvalue weighted by Crippen LogP contribution is 2.46. The van der Waals surface area contributed by atoms with Gasteiger partial charge in [0.1, 0.15) is 6.61 Å². The zero-order chi connectivity index (χ0) is 19.6. The highest BCUT2D eigenvalue weighted by Gasteiger charge is 2.48. The number of rotatable bonds is 8. The molecule has 6 heteroatoms. The molecule has 2 fully saturated rings. The molecule has 1 aromatic rings. The van der Waals surface area contributed by atoms with Gasteiger partial charge in [-0.05, 0) is 37.0 Å². The Morgan fingerprint density at radius 1 is 1.37 bits per heavy atom. The average molecular weight is 377 g/mol. The first-order valence-corrected chi connectivity index (χ1v) is 9.76. The SMILES string of the molecule is COc1ccc([C@@H]2CN(C(=O)CO)C[C@@]2(C)[C@@H](C)O)cc1OCCC1CC1. The van der Waals surface area contributed by atoms with E-state index in [1.807, 2.05) is 25.1 Å². The predicted octanol–water partition coefficient (Wildman–Crippen LogP) is 2.18. The molecule has 6 nitrogen and oxygen atoms in total. The van der Waals surface area contributed by atoms with Crippen molar-refractivity contribution in [3.8, 4) is 11.5 Å². The maximum atomic E-state index is 12.0. The first-order chi connectivity index (χ1) is 12.9. The van der Waals surface area contributed by atoms with Gasteiger partial charge < -0.3 is 24.6 Å². The highest BCUT2D eigenvalue weighted by molar-refractivity contribution is 5.77. The van der Waals surface area contributed by atoms with Crippen molar-refractivity contribution in [1.29, 1.82) is 0 Å². The van der Waals surface area contributed by atoms with Crippen LogP contribution in [0, 0.1) is 11.3 Å². The number of hydrogen-bond donors (Lipinski definition) is 2. The van der Waals surface area contributed by atoms with Crippen LogP contribution in [-0.4, -0.2) is 60.5 Å². The van der Waals surface area contributed by atoms with Gasteiger partial charge in [-0.3, -0.25) is 4.79 Å². The zero-order valence-corrected chi connectivity index (χ0v) is 16.5. The van der Waals surface area contributed by atoms with Gasteiger partial charge in [0.15, 0.2) is 11.5 Å². The van der Waals surface area contributed by atoms with Gasteiger partial charge in [-0.15, -0.1) is 0 Å². The number of hydrogen-bond acceptors (Lipinski definition) is 5. The third kappa shape index (κ3) is 4.22. The van der Waals surface area contributed by atoms with Crippen molar-refractivity contribution in [3.63, 3.8) is 0 Å². The third-order valence-corrected chi connectivity index (χ3v) is 6.24. The van der Waals surface area contributed by atoms with Gasteiger partial charge in [-0.1, -0.05) is 25.8 Å². The van der Waals surface area contributed by atoms with Crippen molar-refractivity contribution in [2.24, 2.45) is 11.3 Å². The summed E-state index contributed by atoms with van der Waals surface area (Å²) in [6, 6.07) is 5.84. The number of amides is 1. The van der Waals surface area contributed by atoms with Gasteiger partial charge in [0.2, 0.25) is 5.91 Å². The predicted molar refractivity (Wildman–Crippen MR) is 102 cm³/mol. The molecule has 2 aliphatic rings. The van der Waals surface area contributed by atoms with Gasteiger partial charge in [0.25, 0.3) is 0 Å². The molecule has 1 saturated heterocycles. The van der Waals surface area contributed by atoms with E-state index < -0.39 is 18.1 Å². The molecule has 1 heterocycles.